The van der Waals surface area contributed by atoms with Gasteiger partial charge in [-0.15, -0.1) is 0 Å². The number of aromatic nitrogens is 2. The topological polar surface area (TPSA) is 64.4 Å². The molecule has 0 bridgehead atoms. The molecule has 1 aliphatic rings. The number of aldehydes is 1. The van der Waals surface area contributed by atoms with Crippen molar-refractivity contribution in [3.63, 3.8) is 0 Å². The van der Waals surface area contributed by atoms with Crippen LogP contribution in [0.3, 0.4) is 0 Å². The maximum absolute atomic E-state index is 13.1. The zero-order valence-electron chi connectivity index (χ0n) is 15.2. The highest BCUT2D eigenvalue weighted by Gasteiger charge is 2.30. The van der Waals surface area contributed by atoms with E-state index in [1.54, 1.807) is 21.7 Å². The summed E-state index contributed by atoms with van der Waals surface area (Å²) in [5, 5.41) is 4.37. The molecule has 0 atom stereocenters. The second-order valence-corrected chi connectivity index (χ2v) is 7.36. The van der Waals surface area contributed by atoms with Crippen LogP contribution in [-0.4, -0.2) is 39.2 Å². The summed E-state index contributed by atoms with van der Waals surface area (Å²) in [6.45, 7) is 6.67. The highest BCUT2D eigenvalue weighted by Crippen LogP contribution is 2.24. The Morgan fingerprint density at radius 1 is 1.31 bits per heavy atom. The van der Waals surface area contributed by atoms with Crippen LogP contribution in [0.15, 0.2) is 24.3 Å². The van der Waals surface area contributed by atoms with Crippen LogP contribution >= 0.6 is 0 Å². The Labute approximate surface area is 151 Å². The maximum Gasteiger partial charge on any atom is 0.410 e. The summed E-state index contributed by atoms with van der Waals surface area (Å²) in [6, 6.07) is 6.13. The van der Waals surface area contributed by atoms with Crippen molar-refractivity contribution >= 4 is 12.4 Å². The van der Waals surface area contributed by atoms with Gasteiger partial charge in [0.1, 0.15) is 17.1 Å². The number of rotatable bonds is 3. The van der Waals surface area contributed by atoms with Crippen LogP contribution in [0.25, 0.3) is 0 Å². The zero-order valence-corrected chi connectivity index (χ0v) is 15.2. The van der Waals surface area contributed by atoms with E-state index in [4.69, 9.17) is 4.74 Å². The van der Waals surface area contributed by atoms with Gasteiger partial charge < -0.3 is 9.64 Å². The molecule has 0 spiro atoms. The van der Waals surface area contributed by atoms with Gasteiger partial charge in [0, 0.05) is 12.1 Å². The Balaban J connectivity index is 1.85. The highest BCUT2D eigenvalue weighted by molar-refractivity contribution is 5.75. The third kappa shape index (κ3) is 3.92. The molecule has 0 saturated carbocycles. The predicted octanol–water partition coefficient (Wildman–Crippen LogP) is 3.18. The van der Waals surface area contributed by atoms with E-state index >= 15 is 0 Å². The minimum absolute atomic E-state index is 0.305. The first-order valence-electron chi connectivity index (χ1n) is 8.53. The number of carbonyl (C=O) groups is 2. The summed E-state index contributed by atoms with van der Waals surface area (Å²) in [5.74, 6) is -0.305. The van der Waals surface area contributed by atoms with Crippen molar-refractivity contribution in [1.82, 2.24) is 14.7 Å². The van der Waals surface area contributed by atoms with E-state index in [0.29, 0.717) is 31.7 Å². The molecule has 2 aromatic rings. The van der Waals surface area contributed by atoms with E-state index in [1.807, 2.05) is 20.8 Å². The van der Waals surface area contributed by atoms with Crippen LogP contribution in [0.1, 0.15) is 48.1 Å². The number of halogens is 1. The van der Waals surface area contributed by atoms with Crippen LogP contribution < -0.4 is 0 Å². The highest BCUT2D eigenvalue weighted by atomic mass is 19.1. The van der Waals surface area contributed by atoms with Gasteiger partial charge in [-0.25, -0.2) is 9.18 Å². The fourth-order valence-corrected chi connectivity index (χ4v) is 2.98. The number of hydrogen-bond acceptors (Lipinski definition) is 4. The first-order chi connectivity index (χ1) is 12.3. The van der Waals surface area contributed by atoms with E-state index in [-0.39, 0.29) is 11.9 Å². The van der Waals surface area contributed by atoms with Gasteiger partial charge in [0.25, 0.3) is 0 Å². The van der Waals surface area contributed by atoms with Crippen LogP contribution in [0, 0.1) is 5.82 Å². The summed E-state index contributed by atoms with van der Waals surface area (Å²) in [4.78, 5) is 25.3. The lowest BCUT2D eigenvalue weighted by Crippen LogP contribution is -2.40. The summed E-state index contributed by atoms with van der Waals surface area (Å²) < 4.78 is 20.3. The fourth-order valence-electron chi connectivity index (χ4n) is 2.98. The summed E-state index contributed by atoms with van der Waals surface area (Å²) >= 11 is 0. The van der Waals surface area contributed by atoms with Gasteiger partial charge in [-0.3, -0.25) is 9.48 Å². The lowest BCUT2D eigenvalue weighted by molar-refractivity contribution is 0.0219. The molecule has 0 fully saturated rings. The zero-order chi connectivity index (χ0) is 18.9. The Morgan fingerprint density at radius 2 is 2.00 bits per heavy atom. The average Bonchev–Trinajstić information content (AvgIpc) is 2.92. The minimum atomic E-state index is -0.570. The number of amides is 1. The van der Waals surface area contributed by atoms with Crippen LogP contribution in [-0.2, 0) is 24.2 Å². The summed E-state index contributed by atoms with van der Waals surface area (Å²) in [5.41, 5.74) is 2.37. The number of benzene rings is 1. The first kappa shape index (κ1) is 18.1. The monoisotopic (exact) mass is 359 g/mol. The maximum atomic E-state index is 13.1. The SMILES string of the molecule is CC(C)(C)OC(=O)N1CCc2c(C=O)nn(Cc3ccc(F)cc3)c2C1. The molecule has 7 heteroatoms. The lowest BCUT2D eigenvalue weighted by Gasteiger charge is -2.30. The molecule has 0 N–H and O–H groups in total. The smallest absolute Gasteiger partial charge is 0.410 e. The van der Waals surface area contributed by atoms with Gasteiger partial charge in [-0.05, 0) is 44.9 Å². The normalized spacial score (nSPS) is 14.1. The van der Waals surface area contributed by atoms with E-state index in [9.17, 15) is 14.0 Å². The molecular formula is C19H22FN3O3. The van der Waals surface area contributed by atoms with Crippen LogP contribution in [0.5, 0.6) is 0 Å². The molecule has 1 aliphatic heterocycles. The number of nitrogens with zero attached hydrogens (tertiary/aromatic N) is 3. The second-order valence-electron chi connectivity index (χ2n) is 7.36. The molecule has 26 heavy (non-hydrogen) atoms. The Bertz CT molecular complexity index is 822. The molecule has 1 aromatic carbocycles. The molecule has 6 nitrogen and oxygen atoms in total. The quantitative estimate of drug-likeness (QED) is 0.790. The Morgan fingerprint density at radius 3 is 2.62 bits per heavy atom. The molecule has 0 radical (unpaired) electrons. The van der Waals surface area contributed by atoms with Gasteiger partial charge in [-0.2, -0.15) is 5.10 Å². The molecule has 3 rings (SSSR count). The van der Waals surface area contributed by atoms with Crippen molar-refractivity contribution in [2.45, 2.75) is 45.9 Å². The molecule has 138 valence electrons. The van der Waals surface area contributed by atoms with E-state index in [1.165, 1.54) is 12.1 Å². The van der Waals surface area contributed by atoms with E-state index < -0.39 is 5.60 Å². The van der Waals surface area contributed by atoms with Crippen molar-refractivity contribution < 1.29 is 18.7 Å². The fraction of sp³-hybridized carbons (Fsp3) is 0.421. The molecular weight excluding hydrogens is 337 g/mol. The van der Waals surface area contributed by atoms with Gasteiger partial charge in [-0.1, -0.05) is 12.1 Å². The Hall–Kier alpha value is -2.70. The molecule has 1 aromatic heterocycles. The third-order valence-corrected chi connectivity index (χ3v) is 4.18. The lowest BCUT2D eigenvalue weighted by atomic mass is 10.0. The molecule has 1 amide bonds. The van der Waals surface area contributed by atoms with Crippen LogP contribution in [0.4, 0.5) is 9.18 Å². The van der Waals surface area contributed by atoms with Gasteiger partial charge in [0.15, 0.2) is 6.29 Å². The van der Waals surface area contributed by atoms with Gasteiger partial charge >= 0.3 is 6.09 Å². The Kier molecular flexibility index (Phi) is 4.80. The number of hydrogen-bond donors (Lipinski definition) is 0. The summed E-state index contributed by atoms with van der Waals surface area (Å²) in [7, 11) is 0. The van der Waals surface area contributed by atoms with Crippen LogP contribution in [0.2, 0.25) is 0 Å². The van der Waals surface area contributed by atoms with Crippen molar-refractivity contribution in [1.29, 1.82) is 0 Å². The number of ether oxygens (including phenoxy) is 1. The van der Waals surface area contributed by atoms with E-state index in [0.717, 1.165) is 23.1 Å². The largest absolute Gasteiger partial charge is 0.444 e. The first-order valence-corrected chi connectivity index (χ1v) is 8.53. The molecule has 0 aliphatic carbocycles. The van der Waals surface area contributed by atoms with Crippen molar-refractivity contribution in [3.05, 3.63) is 52.6 Å². The van der Waals surface area contributed by atoms with Gasteiger partial charge in [0.05, 0.1) is 18.8 Å². The second kappa shape index (κ2) is 6.90. The summed E-state index contributed by atoms with van der Waals surface area (Å²) in [6.07, 6.45) is 0.903. The number of fused-ring (bicyclic) bond motifs is 1. The molecule has 0 saturated heterocycles. The number of carbonyl (C=O) groups excluding carboxylic acids is 2. The molecule has 0 unspecified atom stereocenters. The predicted molar refractivity (Wildman–Crippen MR) is 93.5 cm³/mol. The third-order valence-electron chi connectivity index (χ3n) is 4.18. The van der Waals surface area contributed by atoms with Crippen molar-refractivity contribution in [2.24, 2.45) is 0 Å². The standard InChI is InChI=1S/C19H22FN3O3/c1-19(2,3)26-18(25)22-9-8-15-16(12-24)21-23(17(15)11-22)10-13-4-6-14(20)7-5-13/h4-7,12H,8-11H2,1-3H3. The van der Waals surface area contributed by atoms with Crippen molar-refractivity contribution in [3.8, 4) is 0 Å². The van der Waals surface area contributed by atoms with Gasteiger partial charge in [0.2, 0.25) is 0 Å². The minimum Gasteiger partial charge on any atom is -0.444 e. The molecule has 2 heterocycles. The average molecular weight is 359 g/mol. The van der Waals surface area contributed by atoms with Crippen molar-refractivity contribution in [2.75, 3.05) is 6.54 Å². The van der Waals surface area contributed by atoms with E-state index in [2.05, 4.69) is 5.10 Å².